The van der Waals surface area contributed by atoms with Crippen molar-refractivity contribution in [2.45, 2.75) is 140 Å². The van der Waals surface area contributed by atoms with E-state index >= 15 is 0 Å². The van der Waals surface area contributed by atoms with Crippen LogP contribution in [0.15, 0.2) is 48.5 Å². The molecule has 276 valence electrons. The van der Waals surface area contributed by atoms with E-state index in [1.807, 2.05) is 0 Å². The van der Waals surface area contributed by atoms with Crippen LogP contribution in [0.3, 0.4) is 0 Å². The normalized spacial score (nSPS) is 31.3. The first-order chi connectivity index (χ1) is 24.8. The Hall–Kier alpha value is -3.10. The molecule has 4 N–H and O–H groups in total. The Kier molecular flexibility index (Phi) is 10.3. The van der Waals surface area contributed by atoms with Crippen molar-refractivity contribution < 1.29 is 9.59 Å². The van der Waals surface area contributed by atoms with E-state index in [1.165, 1.54) is 77.3 Å². The van der Waals surface area contributed by atoms with Gasteiger partial charge in [-0.3, -0.25) is 9.80 Å². The number of hydrogen-bond acceptors (Lipinski definition) is 4. The van der Waals surface area contributed by atoms with Gasteiger partial charge in [-0.15, -0.1) is 0 Å². The van der Waals surface area contributed by atoms with E-state index in [0.717, 1.165) is 37.5 Å². The van der Waals surface area contributed by atoms with Gasteiger partial charge in [-0.25, -0.2) is 9.59 Å². The van der Waals surface area contributed by atoms with Crippen molar-refractivity contribution in [3.63, 3.8) is 0 Å². The summed E-state index contributed by atoms with van der Waals surface area (Å²) in [6.07, 6.45) is 16.8. The van der Waals surface area contributed by atoms with E-state index in [1.54, 1.807) is 22.3 Å². The largest absolute Gasteiger partial charge is 0.338 e. The molecule has 2 saturated carbocycles. The summed E-state index contributed by atoms with van der Waals surface area (Å²) in [6, 6.07) is 21.0. The lowest BCUT2D eigenvalue weighted by atomic mass is 9.84. The van der Waals surface area contributed by atoms with Gasteiger partial charge in [-0.05, 0) is 142 Å². The molecule has 4 atom stereocenters. The summed E-state index contributed by atoms with van der Waals surface area (Å²) < 4.78 is 0. The van der Waals surface area contributed by atoms with Gasteiger partial charge in [-0.1, -0.05) is 62.4 Å². The second-order valence-corrected chi connectivity index (χ2v) is 17.8. The van der Waals surface area contributed by atoms with Gasteiger partial charge in [0, 0.05) is 49.3 Å². The first-order valence-electron chi connectivity index (χ1n) is 20.6. The predicted octanol–water partition coefficient (Wildman–Crippen LogP) is 8.29. The number of benzene rings is 2. The first kappa shape index (κ1) is 35.0. The van der Waals surface area contributed by atoms with Crippen molar-refractivity contribution >= 4 is 12.1 Å². The molecule has 2 aromatic carbocycles. The minimum absolute atomic E-state index is 0.0823. The second-order valence-electron chi connectivity index (χ2n) is 17.8. The van der Waals surface area contributed by atoms with Gasteiger partial charge in [0.2, 0.25) is 0 Å². The zero-order chi connectivity index (χ0) is 35.0. The molecule has 2 saturated heterocycles. The van der Waals surface area contributed by atoms with Crippen LogP contribution in [0, 0.1) is 17.3 Å². The van der Waals surface area contributed by atoms with Crippen LogP contribution < -0.4 is 21.3 Å². The fourth-order valence-electron chi connectivity index (χ4n) is 11.0. The SMILES string of the molecule is CC(C)(CNC(=O)N[C@H]1CC[C@H](CCN2[C@@H]3CC[C@H]2c2ccccc23)CC1)CNC(=O)N[C@H]1CC[C@H](CCN2[C@@H]3CC[C@H]2c2ccccc23)CC1. The summed E-state index contributed by atoms with van der Waals surface area (Å²) in [5.41, 5.74) is 6.05. The Bertz CT molecular complexity index is 1350. The predicted molar refractivity (Wildman–Crippen MR) is 203 cm³/mol. The molecule has 4 amide bonds. The Morgan fingerprint density at radius 2 is 0.882 bits per heavy atom. The summed E-state index contributed by atoms with van der Waals surface area (Å²) in [7, 11) is 0. The minimum Gasteiger partial charge on any atom is -0.338 e. The van der Waals surface area contributed by atoms with Crippen LogP contribution in [0.25, 0.3) is 0 Å². The fourth-order valence-corrected chi connectivity index (χ4v) is 11.0. The molecule has 4 aliphatic heterocycles. The Balaban J connectivity index is 0.671. The third kappa shape index (κ3) is 7.69. The summed E-state index contributed by atoms with van der Waals surface area (Å²) >= 11 is 0. The highest BCUT2D eigenvalue weighted by molar-refractivity contribution is 5.75. The molecule has 8 heteroatoms. The smallest absolute Gasteiger partial charge is 0.315 e. The van der Waals surface area contributed by atoms with Crippen LogP contribution in [0.4, 0.5) is 9.59 Å². The lowest BCUT2D eigenvalue weighted by molar-refractivity contribution is 0.184. The van der Waals surface area contributed by atoms with Crippen molar-refractivity contribution in [2.24, 2.45) is 17.3 Å². The molecule has 51 heavy (non-hydrogen) atoms. The standard InChI is InChI=1S/C43H62N6O2/c1-43(2,27-44-41(50)46-31-15-11-29(12-16-31)23-25-48-37-19-20-38(48)34-8-4-3-7-33(34)37)28-45-42(51)47-32-17-13-30(14-18-32)24-26-49-39-21-22-40(49)36-10-6-5-9-35(36)39/h3-10,29-32,37-40H,11-28H2,1-2H3,(H2,44,46,50)(H2,45,47,51)/t29-,30-,31-,32-,37-,38+,39-,40+. The molecule has 4 heterocycles. The molecule has 8 nitrogen and oxygen atoms in total. The molecule has 2 aromatic rings. The molecule has 0 unspecified atom stereocenters. The van der Waals surface area contributed by atoms with Crippen LogP contribution in [-0.2, 0) is 0 Å². The third-order valence-corrected chi connectivity index (χ3v) is 13.9. The third-order valence-electron chi connectivity index (χ3n) is 13.9. The van der Waals surface area contributed by atoms with Gasteiger partial charge in [0.25, 0.3) is 0 Å². The summed E-state index contributed by atoms with van der Waals surface area (Å²) in [4.78, 5) is 31.2. The summed E-state index contributed by atoms with van der Waals surface area (Å²) in [6.45, 7) is 7.63. The number of urea groups is 2. The number of amides is 4. The lowest BCUT2D eigenvalue weighted by Gasteiger charge is -2.32. The molecule has 2 aliphatic carbocycles. The van der Waals surface area contributed by atoms with Gasteiger partial charge in [0.05, 0.1) is 0 Å². The second kappa shape index (κ2) is 15.1. The number of fused-ring (bicyclic) bond motifs is 10. The van der Waals surface area contributed by atoms with E-state index in [2.05, 4.69) is 93.4 Å². The Morgan fingerprint density at radius 1 is 0.549 bits per heavy atom. The van der Waals surface area contributed by atoms with Crippen LogP contribution in [0.2, 0.25) is 0 Å². The van der Waals surface area contributed by atoms with Gasteiger partial charge in [0.1, 0.15) is 0 Å². The zero-order valence-corrected chi connectivity index (χ0v) is 31.2. The molecule has 0 aromatic heterocycles. The summed E-state index contributed by atoms with van der Waals surface area (Å²) in [5.74, 6) is 1.52. The molecular weight excluding hydrogens is 633 g/mol. The van der Waals surface area contributed by atoms with Crippen molar-refractivity contribution in [1.29, 1.82) is 0 Å². The van der Waals surface area contributed by atoms with E-state index in [9.17, 15) is 9.59 Å². The van der Waals surface area contributed by atoms with E-state index < -0.39 is 0 Å². The average Bonchev–Trinajstić information content (AvgIpc) is 3.91. The van der Waals surface area contributed by atoms with Crippen molar-refractivity contribution in [2.75, 3.05) is 26.2 Å². The molecule has 0 radical (unpaired) electrons. The Morgan fingerprint density at radius 3 is 1.22 bits per heavy atom. The van der Waals surface area contributed by atoms with Crippen LogP contribution in [-0.4, -0.2) is 60.1 Å². The topological polar surface area (TPSA) is 88.7 Å². The zero-order valence-electron chi connectivity index (χ0n) is 31.2. The molecule has 6 aliphatic rings. The van der Waals surface area contributed by atoms with E-state index in [-0.39, 0.29) is 29.6 Å². The van der Waals surface area contributed by atoms with Gasteiger partial charge in [0.15, 0.2) is 0 Å². The van der Waals surface area contributed by atoms with Crippen LogP contribution in [0.5, 0.6) is 0 Å². The summed E-state index contributed by atoms with van der Waals surface area (Å²) in [5, 5.41) is 12.7. The highest BCUT2D eigenvalue weighted by Crippen LogP contribution is 2.54. The highest BCUT2D eigenvalue weighted by atomic mass is 16.2. The van der Waals surface area contributed by atoms with Crippen molar-refractivity contribution in [3.8, 4) is 0 Å². The monoisotopic (exact) mass is 694 g/mol. The highest BCUT2D eigenvalue weighted by Gasteiger charge is 2.44. The number of nitrogens with one attached hydrogen (secondary N) is 4. The number of nitrogens with zero attached hydrogens (tertiary/aromatic N) is 2. The maximum Gasteiger partial charge on any atom is 0.315 e. The van der Waals surface area contributed by atoms with Crippen molar-refractivity contribution in [3.05, 3.63) is 70.8 Å². The van der Waals surface area contributed by atoms with Crippen molar-refractivity contribution in [1.82, 2.24) is 31.1 Å². The number of carbonyl (C=O) groups excluding carboxylic acids is 2. The van der Waals surface area contributed by atoms with Crippen LogP contribution >= 0.6 is 0 Å². The quantitative estimate of drug-likeness (QED) is 0.180. The average molecular weight is 695 g/mol. The first-order valence-corrected chi connectivity index (χ1v) is 20.6. The molecule has 0 spiro atoms. The molecule has 8 rings (SSSR count). The van der Waals surface area contributed by atoms with Gasteiger partial charge >= 0.3 is 12.1 Å². The van der Waals surface area contributed by atoms with Crippen LogP contribution in [0.1, 0.15) is 150 Å². The maximum absolute atomic E-state index is 12.8. The molecular formula is C43H62N6O2. The minimum atomic E-state index is -0.243. The van der Waals surface area contributed by atoms with E-state index in [4.69, 9.17) is 0 Å². The molecule has 4 bridgehead atoms. The number of hydrogen-bond donors (Lipinski definition) is 4. The van der Waals surface area contributed by atoms with Gasteiger partial charge in [-0.2, -0.15) is 0 Å². The van der Waals surface area contributed by atoms with Gasteiger partial charge < -0.3 is 21.3 Å². The number of carbonyl (C=O) groups is 2. The molecule has 4 fully saturated rings. The van der Waals surface area contributed by atoms with E-state index in [0.29, 0.717) is 37.3 Å². The number of rotatable bonds is 12. The lowest BCUT2D eigenvalue weighted by Crippen LogP contribution is -2.50. The maximum atomic E-state index is 12.8. The fraction of sp³-hybridized carbons (Fsp3) is 0.674. The Labute approximate surface area is 306 Å².